The second-order valence-electron chi connectivity index (χ2n) is 10.2. The highest BCUT2D eigenvalue weighted by Gasteiger charge is 2.19. The van der Waals surface area contributed by atoms with Crippen LogP contribution in [0.5, 0.6) is 0 Å². The van der Waals surface area contributed by atoms with Crippen molar-refractivity contribution in [2.45, 2.75) is 40.5 Å². The molecule has 2 aromatic carbocycles. The van der Waals surface area contributed by atoms with Gasteiger partial charge in [-0.05, 0) is 61.1 Å². The Morgan fingerprint density at radius 2 is 1.80 bits per heavy atom. The van der Waals surface area contributed by atoms with Crippen LogP contribution in [0.15, 0.2) is 47.0 Å². The summed E-state index contributed by atoms with van der Waals surface area (Å²) in [7, 11) is 0. The normalized spacial score (nSPS) is 13.7. The lowest BCUT2D eigenvalue weighted by molar-refractivity contribution is 0.0902. The highest BCUT2D eigenvalue weighted by molar-refractivity contribution is 6.05. The molecule has 2 heterocycles. The zero-order valence-electron chi connectivity index (χ0n) is 20.6. The first-order chi connectivity index (χ1) is 16.6. The van der Waals surface area contributed by atoms with E-state index >= 15 is 0 Å². The van der Waals surface area contributed by atoms with Gasteiger partial charge in [-0.1, -0.05) is 32.0 Å². The number of hydrogen-bond acceptors (Lipinski definition) is 5. The molecule has 1 aliphatic heterocycles. The summed E-state index contributed by atoms with van der Waals surface area (Å²) in [5.74, 6) is -1.06. The van der Waals surface area contributed by atoms with E-state index in [0.29, 0.717) is 17.9 Å². The van der Waals surface area contributed by atoms with Gasteiger partial charge in [-0.3, -0.25) is 9.59 Å². The van der Waals surface area contributed by atoms with E-state index in [-0.39, 0.29) is 22.6 Å². The molecule has 1 saturated heterocycles. The van der Waals surface area contributed by atoms with Gasteiger partial charge in [0, 0.05) is 48.2 Å². The average Bonchev–Trinajstić information content (AvgIpc) is 3.50. The molecule has 4 rings (SSSR count). The summed E-state index contributed by atoms with van der Waals surface area (Å²) in [6.45, 7) is 10.2. The Hall–Kier alpha value is -3.68. The quantitative estimate of drug-likeness (QED) is 0.494. The second kappa shape index (κ2) is 9.90. The van der Waals surface area contributed by atoms with E-state index in [1.807, 2.05) is 33.8 Å². The lowest BCUT2D eigenvalue weighted by Crippen LogP contribution is -2.31. The van der Waals surface area contributed by atoms with E-state index < -0.39 is 11.7 Å². The minimum Gasteiger partial charge on any atom is -0.371 e. The smallest absolute Gasteiger partial charge is 0.289 e. The Balaban J connectivity index is 1.51. The Morgan fingerprint density at radius 3 is 2.51 bits per heavy atom. The van der Waals surface area contributed by atoms with Crippen LogP contribution in [0.1, 0.15) is 60.1 Å². The molecular weight excluding hydrogens is 447 g/mol. The van der Waals surface area contributed by atoms with Crippen molar-refractivity contribution in [1.29, 1.82) is 0 Å². The van der Waals surface area contributed by atoms with Crippen molar-refractivity contribution in [3.63, 3.8) is 0 Å². The molecule has 0 bridgehead atoms. The fourth-order valence-electron chi connectivity index (χ4n) is 3.98. The van der Waals surface area contributed by atoms with Crippen LogP contribution in [0.2, 0.25) is 0 Å². The topological polar surface area (TPSA) is 87.5 Å². The molecule has 0 spiro atoms. The largest absolute Gasteiger partial charge is 0.371 e. The van der Waals surface area contributed by atoms with Gasteiger partial charge in [0.1, 0.15) is 11.5 Å². The number of aromatic nitrogens is 1. The molecule has 35 heavy (non-hydrogen) atoms. The van der Waals surface area contributed by atoms with Crippen LogP contribution < -0.4 is 15.5 Å². The van der Waals surface area contributed by atoms with Crippen molar-refractivity contribution in [1.82, 2.24) is 10.5 Å². The highest BCUT2D eigenvalue weighted by Crippen LogP contribution is 2.28. The van der Waals surface area contributed by atoms with Crippen LogP contribution >= 0.6 is 0 Å². The number of carbonyl (C=O) groups is 2. The molecule has 1 aromatic heterocycles. The Kier molecular flexibility index (Phi) is 6.91. The Morgan fingerprint density at radius 1 is 1.06 bits per heavy atom. The predicted molar refractivity (Wildman–Crippen MR) is 134 cm³/mol. The average molecular weight is 479 g/mol. The first-order valence-electron chi connectivity index (χ1n) is 11.8. The fourth-order valence-corrected chi connectivity index (χ4v) is 3.98. The molecule has 184 valence electrons. The number of benzene rings is 2. The molecule has 1 aliphatic rings. The maximum absolute atomic E-state index is 14.2. The van der Waals surface area contributed by atoms with Crippen molar-refractivity contribution < 1.29 is 18.5 Å². The first-order valence-corrected chi connectivity index (χ1v) is 11.8. The van der Waals surface area contributed by atoms with Gasteiger partial charge < -0.3 is 20.1 Å². The van der Waals surface area contributed by atoms with Crippen LogP contribution in [0.4, 0.5) is 15.8 Å². The van der Waals surface area contributed by atoms with Gasteiger partial charge in [0.25, 0.3) is 11.8 Å². The summed E-state index contributed by atoms with van der Waals surface area (Å²) < 4.78 is 19.5. The monoisotopic (exact) mass is 478 g/mol. The van der Waals surface area contributed by atoms with E-state index in [2.05, 4.69) is 20.7 Å². The SMILES string of the molecule is Cc1ccc(NC(=O)c2cc(F)cc(N3CCCC3)c2)cc1-c1cc(C(=O)NCC(C)(C)C)on1. The number of halogens is 1. The summed E-state index contributed by atoms with van der Waals surface area (Å²) in [6.07, 6.45) is 2.12. The van der Waals surface area contributed by atoms with Gasteiger partial charge in [0.05, 0.1) is 0 Å². The summed E-state index contributed by atoms with van der Waals surface area (Å²) in [5.41, 5.74) is 3.56. The number of carbonyl (C=O) groups excluding carboxylic acids is 2. The Bertz CT molecular complexity index is 1240. The van der Waals surface area contributed by atoms with Crippen molar-refractivity contribution in [2.24, 2.45) is 5.41 Å². The van der Waals surface area contributed by atoms with Crippen molar-refractivity contribution in [3.8, 4) is 11.3 Å². The molecule has 0 saturated carbocycles. The minimum atomic E-state index is -0.441. The predicted octanol–water partition coefficient (Wildman–Crippen LogP) is 5.42. The van der Waals surface area contributed by atoms with Gasteiger partial charge in [-0.15, -0.1) is 0 Å². The molecule has 0 aliphatic carbocycles. The number of nitrogens with zero attached hydrogens (tertiary/aromatic N) is 2. The maximum Gasteiger partial charge on any atom is 0.289 e. The van der Waals surface area contributed by atoms with Crippen molar-refractivity contribution >= 4 is 23.2 Å². The third-order valence-corrected chi connectivity index (χ3v) is 5.90. The molecule has 7 nitrogen and oxygen atoms in total. The summed E-state index contributed by atoms with van der Waals surface area (Å²) in [5, 5.41) is 9.74. The maximum atomic E-state index is 14.2. The van der Waals surface area contributed by atoms with Gasteiger partial charge in [-0.2, -0.15) is 0 Å². The number of nitrogens with one attached hydrogen (secondary N) is 2. The summed E-state index contributed by atoms with van der Waals surface area (Å²) >= 11 is 0. The van der Waals surface area contributed by atoms with Crippen LogP contribution in [0.3, 0.4) is 0 Å². The van der Waals surface area contributed by atoms with E-state index in [0.717, 1.165) is 42.7 Å². The molecule has 0 atom stereocenters. The Labute approximate surface area is 204 Å². The molecule has 8 heteroatoms. The molecule has 2 N–H and O–H groups in total. The van der Waals surface area contributed by atoms with Crippen LogP contribution in [0, 0.1) is 18.2 Å². The molecule has 0 unspecified atom stereocenters. The van der Waals surface area contributed by atoms with E-state index in [9.17, 15) is 14.0 Å². The van der Waals surface area contributed by atoms with Gasteiger partial charge in [-0.25, -0.2) is 4.39 Å². The number of hydrogen-bond donors (Lipinski definition) is 2. The van der Waals surface area contributed by atoms with Gasteiger partial charge in [0.2, 0.25) is 5.76 Å². The molecule has 0 radical (unpaired) electrons. The van der Waals surface area contributed by atoms with Crippen LogP contribution in [-0.4, -0.2) is 36.6 Å². The number of amides is 2. The van der Waals surface area contributed by atoms with E-state index in [4.69, 9.17) is 4.52 Å². The van der Waals surface area contributed by atoms with Crippen molar-refractivity contribution in [2.75, 3.05) is 29.9 Å². The zero-order valence-corrected chi connectivity index (χ0v) is 20.6. The number of rotatable bonds is 6. The minimum absolute atomic E-state index is 0.0570. The van der Waals surface area contributed by atoms with E-state index in [1.165, 1.54) is 12.1 Å². The number of aryl methyl sites for hydroxylation is 1. The van der Waals surface area contributed by atoms with Crippen LogP contribution in [0.25, 0.3) is 11.3 Å². The lowest BCUT2D eigenvalue weighted by Gasteiger charge is -2.18. The fraction of sp³-hybridized carbons (Fsp3) is 0.370. The second-order valence-corrected chi connectivity index (χ2v) is 10.2. The first kappa shape index (κ1) is 24.4. The standard InChI is InChI=1S/C27H31FN4O3/c1-17-7-8-20(14-22(17)23-15-24(35-31-23)26(34)29-16-27(2,3)4)30-25(33)18-11-19(28)13-21(12-18)32-9-5-6-10-32/h7-8,11-15H,5-6,9-10,16H2,1-4H3,(H,29,34)(H,30,33). The molecule has 2 amide bonds. The number of anilines is 2. The highest BCUT2D eigenvalue weighted by atomic mass is 19.1. The molecular formula is C27H31FN4O3. The zero-order chi connectivity index (χ0) is 25.2. The summed E-state index contributed by atoms with van der Waals surface area (Å²) in [6, 6.07) is 11.4. The molecule has 1 fully saturated rings. The van der Waals surface area contributed by atoms with Crippen LogP contribution in [-0.2, 0) is 0 Å². The molecule has 3 aromatic rings. The van der Waals surface area contributed by atoms with Gasteiger partial charge >= 0.3 is 0 Å². The third-order valence-electron chi connectivity index (χ3n) is 5.90. The van der Waals surface area contributed by atoms with Gasteiger partial charge in [0.15, 0.2) is 0 Å². The lowest BCUT2D eigenvalue weighted by atomic mass is 9.97. The van der Waals surface area contributed by atoms with Crippen molar-refractivity contribution in [3.05, 3.63) is 65.2 Å². The summed E-state index contributed by atoms with van der Waals surface area (Å²) in [4.78, 5) is 27.4. The third kappa shape index (κ3) is 6.07. The van der Waals surface area contributed by atoms with E-state index in [1.54, 1.807) is 24.3 Å².